The number of amides is 1. The smallest absolute Gasteiger partial charge is 0.248 e. The molecule has 4 rings (SSSR count). The standard InChI is InChI=1S/C24H21N3O3/c1-16(2)29-20-5-3-4-17(14-20)6-9-23(28)26-19-7-8-21-22(15-19)30-24(27-21)18-10-12-25-13-11-18/h3-16H,1-2H3,(H,26,28)/b9-6+. The van der Waals surface area contributed by atoms with Gasteiger partial charge in [-0.1, -0.05) is 12.1 Å². The minimum atomic E-state index is -0.238. The van der Waals surface area contributed by atoms with Gasteiger partial charge in [0.25, 0.3) is 0 Å². The van der Waals surface area contributed by atoms with Gasteiger partial charge in [0.1, 0.15) is 11.3 Å². The SMILES string of the molecule is CC(C)Oc1cccc(/C=C/C(=O)Nc2ccc3nc(-c4ccncc4)oc3c2)c1. The Morgan fingerprint density at radius 3 is 2.73 bits per heavy atom. The zero-order valence-electron chi connectivity index (χ0n) is 16.7. The van der Waals surface area contributed by atoms with Gasteiger partial charge in [0.2, 0.25) is 11.8 Å². The number of nitrogens with zero attached hydrogens (tertiary/aromatic N) is 2. The van der Waals surface area contributed by atoms with E-state index in [-0.39, 0.29) is 12.0 Å². The molecule has 1 N–H and O–H groups in total. The normalized spacial score (nSPS) is 11.3. The van der Waals surface area contributed by atoms with E-state index in [1.165, 1.54) is 6.08 Å². The Balaban J connectivity index is 1.46. The quantitative estimate of drug-likeness (QED) is 0.444. The fraction of sp³-hybridized carbons (Fsp3) is 0.125. The summed E-state index contributed by atoms with van der Waals surface area (Å²) >= 11 is 0. The lowest BCUT2D eigenvalue weighted by Gasteiger charge is -2.09. The molecule has 2 heterocycles. The topological polar surface area (TPSA) is 77.2 Å². The average molecular weight is 399 g/mol. The van der Waals surface area contributed by atoms with Gasteiger partial charge in [-0.25, -0.2) is 4.98 Å². The highest BCUT2D eigenvalue weighted by atomic mass is 16.5. The van der Waals surface area contributed by atoms with Crippen LogP contribution in [0.1, 0.15) is 19.4 Å². The van der Waals surface area contributed by atoms with Gasteiger partial charge in [0, 0.05) is 35.8 Å². The van der Waals surface area contributed by atoms with E-state index in [9.17, 15) is 4.79 Å². The Labute approximate surface area is 174 Å². The Kier molecular flexibility index (Phi) is 5.57. The molecule has 0 aliphatic carbocycles. The minimum absolute atomic E-state index is 0.0950. The number of ether oxygens (including phenoxy) is 1. The van der Waals surface area contributed by atoms with E-state index in [2.05, 4.69) is 15.3 Å². The molecule has 0 atom stereocenters. The fourth-order valence-electron chi connectivity index (χ4n) is 2.94. The minimum Gasteiger partial charge on any atom is -0.491 e. The van der Waals surface area contributed by atoms with E-state index >= 15 is 0 Å². The first-order chi connectivity index (χ1) is 14.6. The molecule has 2 aromatic heterocycles. The first-order valence-corrected chi connectivity index (χ1v) is 9.63. The monoisotopic (exact) mass is 399 g/mol. The molecule has 30 heavy (non-hydrogen) atoms. The predicted octanol–water partition coefficient (Wildman–Crippen LogP) is 5.33. The van der Waals surface area contributed by atoms with Crippen LogP contribution < -0.4 is 10.1 Å². The third-order valence-corrected chi connectivity index (χ3v) is 4.24. The molecule has 0 aliphatic heterocycles. The number of benzene rings is 2. The van der Waals surface area contributed by atoms with Crippen LogP contribution in [0.25, 0.3) is 28.6 Å². The van der Waals surface area contributed by atoms with Crippen LogP contribution in [-0.2, 0) is 4.79 Å². The van der Waals surface area contributed by atoms with Crippen molar-refractivity contribution in [3.8, 4) is 17.2 Å². The summed E-state index contributed by atoms with van der Waals surface area (Å²) in [6.07, 6.45) is 6.70. The van der Waals surface area contributed by atoms with Gasteiger partial charge in [0.05, 0.1) is 6.10 Å². The van der Waals surface area contributed by atoms with Gasteiger partial charge >= 0.3 is 0 Å². The third-order valence-electron chi connectivity index (χ3n) is 4.24. The number of fused-ring (bicyclic) bond motifs is 1. The summed E-state index contributed by atoms with van der Waals surface area (Å²) in [6.45, 7) is 3.95. The molecule has 0 saturated heterocycles. The number of pyridine rings is 1. The molecule has 1 amide bonds. The summed E-state index contributed by atoms with van der Waals surface area (Å²) in [7, 11) is 0. The van der Waals surface area contributed by atoms with Gasteiger partial charge in [-0.05, 0) is 61.9 Å². The molecule has 4 aromatic rings. The summed E-state index contributed by atoms with van der Waals surface area (Å²) < 4.78 is 11.5. The molecular formula is C24H21N3O3. The van der Waals surface area contributed by atoms with Crippen molar-refractivity contribution in [2.24, 2.45) is 0 Å². The number of aromatic nitrogens is 2. The van der Waals surface area contributed by atoms with Crippen molar-refractivity contribution in [1.82, 2.24) is 9.97 Å². The van der Waals surface area contributed by atoms with Gasteiger partial charge in [-0.3, -0.25) is 9.78 Å². The van der Waals surface area contributed by atoms with E-state index in [0.717, 1.165) is 22.4 Å². The Morgan fingerprint density at radius 1 is 1.10 bits per heavy atom. The molecule has 0 aliphatic rings. The largest absolute Gasteiger partial charge is 0.491 e. The van der Waals surface area contributed by atoms with Gasteiger partial charge in [0.15, 0.2) is 5.58 Å². The summed E-state index contributed by atoms with van der Waals surface area (Å²) in [5.74, 6) is 1.05. The van der Waals surface area contributed by atoms with Gasteiger partial charge in [-0.15, -0.1) is 0 Å². The summed E-state index contributed by atoms with van der Waals surface area (Å²) in [6, 6.07) is 16.6. The Hall–Kier alpha value is -3.93. The van der Waals surface area contributed by atoms with E-state index in [0.29, 0.717) is 17.2 Å². The lowest BCUT2D eigenvalue weighted by Crippen LogP contribution is -2.07. The number of nitrogens with one attached hydrogen (secondary N) is 1. The number of carbonyl (C=O) groups is 1. The highest BCUT2D eigenvalue weighted by Crippen LogP contribution is 2.26. The zero-order valence-corrected chi connectivity index (χ0v) is 16.7. The predicted molar refractivity (Wildman–Crippen MR) is 117 cm³/mol. The van der Waals surface area contributed by atoms with Crippen molar-refractivity contribution in [3.63, 3.8) is 0 Å². The number of rotatable bonds is 6. The molecule has 0 spiro atoms. The Morgan fingerprint density at radius 2 is 1.93 bits per heavy atom. The maximum absolute atomic E-state index is 12.3. The molecule has 0 fully saturated rings. The summed E-state index contributed by atoms with van der Waals surface area (Å²) in [4.78, 5) is 20.8. The average Bonchev–Trinajstić information content (AvgIpc) is 3.16. The summed E-state index contributed by atoms with van der Waals surface area (Å²) in [5.41, 5.74) is 3.68. The highest BCUT2D eigenvalue weighted by Gasteiger charge is 2.09. The van der Waals surface area contributed by atoms with Crippen LogP contribution >= 0.6 is 0 Å². The maximum atomic E-state index is 12.3. The number of carbonyl (C=O) groups excluding carboxylic acids is 1. The molecular weight excluding hydrogens is 378 g/mol. The second-order valence-corrected chi connectivity index (χ2v) is 7.00. The second kappa shape index (κ2) is 8.61. The van der Waals surface area contributed by atoms with Crippen LogP contribution in [0, 0.1) is 0 Å². The van der Waals surface area contributed by atoms with Crippen molar-refractivity contribution >= 4 is 28.8 Å². The van der Waals surface area contributed by atoms with Crippen LogP contribution in [0.4, 0.5) is 5.69 Å². The van der Waals surface area contributed by atoms with E-state index in [1.807, 2.05) is 56.3 Å². The summed E-state index contributed by atoms with van der Waals surface area (Å²) in [5, 5.41) is 2.85. The number of anilines is 1. The molecule has 0 radical (unpaired) electrons. The zero-order chi connectivity index (χ0) is 20.9. The highest BCUT2D eigenvalue weighted by molar-refractivity contribution is 6.02. The lowest BCUT2D eigenvalue weighted by molar-refractivity contribution is -0.111. The molecule has 6 nitrogen and oxygen atoms in total. The maximum Gasteiger partial charge on any atom is 0.248 e. The van der Waals surface area contributed by atoms with E-state index < -0.39 is 0 Å². The first-order valence-electron chi connectivity index (χ1n) is 9.63. The molecule has 6 heteroatoms. The van der Waals surface area contributed by atoms with Crippen molar-refractivity contribution in [3.05, 3.63) is 78.6 Å². The van der Waals surface area contributed by atoms with Crippen molar-refractivity contribution in [2.75, 3.05) is 5.32 Å². The fourth-order valence-corrected chi connectivity index (χ4v) is 2.94. The lowest BCUT2D eigenvalue weighted by atomic mass is 10.2. The van der Waals surface area contributed by atoms with E-state index in [4.69, 9.17) is 9.15 Å². The molecule has 0 unspecified atom stereocenters. The number of hydrogen-bond acceptors (Lipinski definition) is 5. The van der Waals surface area contributed by atoms with Crippen LogP contribution in [0.15, 0.2) is 77.5 Å². The number of oxazole rings is 1. The molecule has 0 bridgehead atoms. The van der Waals surface area contributed by atoms with E-state index in [1.54, 1.807) is 30.6 Å². The van der Waals surface area contributed by atoms with Crippen molar-refractivity contribution < 1.29 is 13.9 Å². The Bertz CT molecular complexity index is 1200. The van der Waals surface area contributed by atoms with Crippen LogP contribution in [-0.4, -0.2) is 22.0 Å². The van der Waals surface area contributed by atoms with Crippen LogP contribution in [0.5, 0.6) is 5.75 Å². The van der Waals surface area contributed by atoms with Gasteiger partial charge in [-0.2, -0.15) is 0 Å². The van der Waals surface area contributed by atoms with Crippen LogP contribution in [0.3, 0.4) is 0 Å². The molecule has 150 valence electrons. The molecule has 2 aromatic carbocycles. The van der Waals surface area contributed by atoms with Gasteiger partial charge < -0.3 is 14.5 Å². The molecule has 0 saturated carbocycles. The third kappa shape index (κ3) is 4.72. The second-order valence-electron chi connectivity index (χ2n) is 7.00. The van der Waals surface area contributed by atoms with Crippen molar-refractivity contribution in [1.29, 1.82) is 0 Å². The number of hydrogen-bond donors (Lipinski definition) is 1. The van der Waals surface area contributed by atoms with Crippen LogP contribution in [0.2, 0.25) is 0 Å². The van der Waals surface area contributed by atoms with Crippen molar-refractivity contribution in [2.45, 2.75) is 20.0 Å². The first kappa shape index (κ1) is 19.4.